The Kier molecular flexibility index (Phi) is 19.7. The number of rotatable bonds is 4. The van der Waals surface area contributed by atoms with E-state index in [2.05, 4.69) is 31.0 Å². The maximum absolute atomic E-state index is 5.20. The third-order valence-electron chi connectivity index (χ3n) is 2.14. The summed E-state index contributed by atoms with van der Waals surface area (Å²) in [6.45, 7) is 18.0. The van der Waals surface area contributed by atoms with E-state index in [0.717, 1.165) is 39.4 Å². The number of hydrogen-bond acceptors (Lipinski definition) is 3. The lowest BCUT2D eigenvalue weighted by Crippen LogP contribution is -2.36. The maximum Gasteiger partial charge on any atom is 0.0594 e. The molecule has 0 amide bonds. The number of ether oxygens (including phenoxy) is 1. The fraction of sp³-hybridized carbons (Fsp3) is 1.00. The molecule has 1 aliphatic rings. The van der Waals surface area contributed by atoms with Gasteiger partial charge in [0.15, 0.2) is 0 Å². The van der Waals surface area contributed by atoms with Crippen molar-refractivity contribution in [2.45, 2.75) is 41.0 Å². The first-order valence-electron chi connectivity index (χ1n) is 6.85. The predicted octanol–water partition coefficient (Wildman–Crippen LogP) is 2.37. The highest BCUT2D eigenvalue weighted by molar-refractivity contribution is 4.59. The van der Waals surface area contributed by atoms with E-state index in [9.17, 15) is 0 Å². The third kappa shape index (κ3) is 13.9. The predicted molar refractivity (Wildman–Crippen MR) is 73.1 cm³/mol. The minimum atomic E-state index is 0.931. The number of morpholine rings is 1. The summed E-state index contributed by atoms with van der Waals surface area (Å²) in [4.78, 5) is 2.45. The molecule has 1 heterocycles. The van der Waals surface area contributed by atoms with E-state index in [1.165, 1.54) is 13.0 Å². The highest BCUT2D eigenvalue weighted by Gasteiger charge is 2.07. The van der Waals surface area contributed by atoms with Crippen molar-refractivity contribution in [1.29, 1.82) is 0 Å². The highest BCUT2D eigenvalue weighted by atomic mass is 16.5. The summed E-state index contributed by atoms with van der Waals surface area (Å²) in [6.07, 6.45) is 1.26. The van der Waals surface area contributed by atoms with E-state index < -0.39 is 0 Å². The monoisotopic (exact) mass is 232 g/mol. The average molecular weight is 232 g/mol. The van der Waals surface area contributed by atoms with Gasteiger partial charge in [-0.1, -0.05) is 34.6 Å². The summed E-state index contributed by atoms with van der Waals surface area (Å²) >= 11 is 0. The smallest absolute Gasteiger partial charge is 0.0594 e. The zero-order valence-electron chi connectivity index (χ0n) is 12.0. The maximum atomic E-state index is 5.20. The highest BCUT2D eigenvalue weighted by Crippen LogP contribution is 1.96. The topological polar surface area (TPSA) is 24.5 Å². The Morgan fingerprint density at radius 1 is 1.00 bits per heavy atom. The van der Waals surface area contributed by atoms with Crippen LogP contribution in [-0.4, -0.2) is 50.8 Å². The van der Waals surface area contributed by atoms with E-state index in [-0.39, 0.29) is 0 Å². The van der Waals surface area contributed by atoms with Gasteiger partial charge < -0.3 is 10.1 Å². The molecule has 3 nitrogen and oxygen atoms in total. The van der Waals surface area contributed by atoms with Crippen LogP contribution >= 0.6 is 0 Å². The van der Waals surface area contributed by atoms with Crippen LogP contribution in [0.5, 0.6) is 0 Å². The molecule has 0 aromatic carbocycles. The van der Waals surface area contributed by atoms with E-state index in [1.807, 2.05) is 13.8 Å². The zero-order valence-corrected chi connectivity index (χ0v) is 12.0. The molecule has 1 N–H and O–H groups in total. The molecule has 1 saturated heterocycles. The molecule has 0 aromatic heterocycles. The molecule has 0 atom stereocenters. The van der Waals surface area contributed by atoms with E-state index in [1.54, 1.807) is 0 Å². The Morgan fingerprint density at radius 2 is 1.50 bits per heavy atom. The van der Waals surface area contributed by atoms with Crippen LogP contribution in [0.4, 0.5) is 0 Å². The lowest BCUT2D eigenvalue weighted by molar-refractivity contribution is 0.0380. The van der Waals surface area contributed by atoms with Crippen LogP contribution in [0.15, 0.2) is 0 Å². The molecule has 1 rings (SSSR count). The summed E-state index contributed by atoms with van der Waals surface area (Å²) in [5.74, 6) is 0. The van der Waals surface area contributed by atoms with Crippen molar-refractivity contribution in [3.05, 3.63) is 0 Å². The second kappa shape index (κ2) is 17.3. The Bertz CT molecular complexity index is 99.4. The quantitative estimate of drug-likeness (QED) is 0.805. The van der Waals surface area contributed by atoms with Crippen molar-refractivity contribution in [2.75, 3.05) is 45.9 Å². The largest absolute Gasteiger partial charge is 0.379 e. The third-order valence-corrected chi connectivity index (χ3v) is 2.14. The summed E-state index contributed by atoms with van der Waals surface area (Å²) in [7, 11) is 0. The lowest BCUT2D eigenvalue weighted by Gasteiger charge is -2.25. The van der Waals surface area contributed by atoms with Crippen molar-refractivity contribution >= 4 is 0 Å². The molecule has 0 aromatic rings. The van der Waals surface area contributed by atoms with Crippen molar-refractivity contribution in [3.63, 3.8) is 0 Å². The van der Waals surface area contributed by atoms with Gasteiger partial charge in [-0.2, -0.15) is 0 Å². The first-order chi connectivity index (χ1) is 7.85. The zero-order chi connectivity index (χ0) is 12.6. The fourth-order valence-electron chi connectivity index (χ4n) is 1.39. The summed E-state index contributed by atoms with van der Waals surface area (Å²) in [6, 6.07) is 0. The molecule has 0 spiro atoms. The molecule has 100 valence electrons. The van der Waals surface area contributed by atoms with Gasteiger partial charge in [-0.3, -0.25) is 4.90 Å². The Labute approximate surface area is 103 Å². The minimum absolute atomic E-state index is 0.931. The first-order valence-corrected chi connectivity index (χ1v) is 6.85. The van der Waals surface area contributed by atoms with Crippen LogP contribution in [0.1, 0.15) is 41.0 Å². The van der Waals surface area contributed by atoms with Gasteiger partial charge in [0.25, 0.3) is 0 Å². The van der Waals surface area contributed by atoms with Crippen molar-refractivity contribution in [2.24, 2.45) is 0 Å². The van der Waals surface area contributed by atoms with Gasteiger partial charge in [-0.25, -0.2) is 0 Å². The molecular weight excluding hydrogens is 200 g/mol. The minimum Gasteiger partial charge on any atom is -0.379 e. The summed E-state index contributed by atoms with van der Waals surface area (Å²) in [5.41, 5.74) is 0. The fourth-order valence-corrected chi connectivity index (χ4v) is 1.39. The molecule has 16 heavy (non-hydrogen) atoms. The SMILES string of the molecule is CC.CCCN1CCOCC1.CCNCC. The van der Waals surface area contributed by atoms with Gasteiger partial charge in [0.05, 0.1) is 13.2 Å². The molecule has 0 aliphatic carbocycles. The molecule has 0 radical (unpaired) electrons. The second-order valence-corrected chi connectivity index (χ2v) is 3.41. The molecule has 0 saturated carbocycles. The van der Waals surface area contributed by atoms with Gasteiger partial charge in [0.2, 0.25) is 0 Å². The first kappa shape index (κ1) is 18.3. The van der Waals surface area contributed by atoms with Crippen molar-refractivity contribution in [1.82, 2.24) is 10.2 Å². The normalized spacial score (nSPS) is 15.6. The van der Waals surface area contributed by atoms with Gasteiger partial charge >= 0.3 is 0 Å². The number of nitrogens with zero attached hydrogens (tertiary/aromatic N) is 1. The standard InChI is InChI=1S/C7H15NO.C4H11N.C2H6/c1-2-3-8-4-6-9-7-5-8;1-3-5-4-2;1-2/h2-7H2,1H3;5H,3-4H2,1-2H3;1-2H3. The van der Waals surface area contributed by atoms with Crippen molar-refractivity contribution in [3.8, 4) is 0 Å². The summed E-state index contributed by atoms with van der Waals surface area (Å²) in [5, 5.41) is 3.11. The molecule has 1 fully saturated rings. The second-order valence-electron chi connectivity index (χ2n) is 3.41. The summed E-state index contributed by atoms with van der Waals surface area (Å²) < 4.78 is 5.20. The average Bonchev–Trinajstić information content (AvgIpc) is 2.35. The lowest BCUT2D eigenvalue weighted by atomic mass is 10.4. The van der Waals surface area contributed by atoms with Gasteiger partial charge in [-0.15, -0.1) is 0 Å². The van der Waals surface area contributed by atoms with Crippen molar-refractivity contribution < 1.29 is 4.74 Å². The number of hydrogen-bond donors (Lipinski definition) is 1. The van der Waals surface area contributed by atoms with Gasteiger partial charge in [0.1, 0.15) is 0 Å². The van der Waals surface area contributed by atoms with E-state index in [4.69, 9.17) is 4.74 Å². The van der Waals surface area contributed by atoms with Crippen LogP contribution in [0, 0.1) is 0 Å². The van der Waals surface area contributed by atoms with Crippen LogP contribution in [0.3, 0.4) is 0 Å². The van der Waals surface area contributed by atoms with Gasteiger partial charge in [-0.05, 0) is 26.1 Å². The molecule has 1 aliphatic heterocycles. The van der Waals surface area contributed by atoms with Crippen LogP contribution in [-0.2, 0) is 4.74 Å². The molecule has 0 bridgehead atoms. The number of nitrogens with one attached hydrogen (secondary N) is 1. The van der Waals surface area contributed by atoms with Crippen LogP contribution < -0.4 is 5.32 Å². The van der Waals surface area contributed by atoms with E-state index in [0.29, 0.717) is 0 Å². The van der Waals surface area contributed by atoms with Crippen LogP contribution in [0.25, 0.3) is 0 Å². The van der Waals surface area contributed by atoms with E-state index >= 15 is 0 Å². The Morgan fingerprint density at radius 3 is 1.81 bits per heavy atom. The molecule has 0 unspecified atom stereocenters. The Hall–Kier alpha value is -0.120. The molecule has 3 heteroatoms. The van der Waals surface area contributed by atoms with Crippen LogP contribution in [0.2, 0.25) is 0 Å². The molecular formula is C13H32N2O. The van der Waals surface area contributed by atoms with Gasteiger partial charge in [0, 0.05) is 13.1 Å². The Balaban J connectivity index is 0.